The quantitative estimate of drug-likeness (QED) is 0.368. The van der Waals surface area contributed by atoms with Crippen molar-refractivity contribution in [3.05, 3.63) is 0 Å². The van der Waals surface area contributed by atoms with Crippen molar-refractivity contribution in [3.63, 3.8) is 0 Å². The van der Waals surface area contributed by atoms with Gasteiger partial charge in [-0.1, -0.05) is 6.92 Å². The molecule has 0 saturated heterocycles. The van der Waals surface area contributed by atoms with Gasteiger partial charge in [-0.05, 0) is 0 Å². The monoisotopic (exact) mass is 144 g/mol. The maximum Gasteiger partial charge on any atom is 0.391 e. The molecule has 0 rings (SSSR count). The summed E-state index contributed by atoms with van der Waals surface area (Å²) in [4.78, 5) is 9.90. The van der Waals surface area contributed by atoms with Gasteiger partial charge in [0.1, 0.15) is 0 Å². The Morgan fingerprint density at radius 2 is 2.10 bits per heavy atom. The molecule has 0 fully saturated rings. The van der Waals surface area contributed by atoms with Crippen molar-refractivity contribution in [1.29, 1.82) is 10.8 Å². The van der Waals surface area contributed by atoms with Crippen LogP contribution in [0.2, 0.25) is 0 Å². The molecule has 0 aromatic rings. The molecule has 0 aliphatic rings. The van der Waals surface area contributed by atoms with Gasteiger partial charge in [0.2, 0.25) is 0 Å². The Labute approximate surface area is 57.6 Å². The van der Waals surface area contributed by atoms with Gasteiger partial charge in [-0.3, -0.25) is 10.8 Å². The summed E-state index contributed by atoms with van der Waals surface area (Å²) in [6, 6.07) is 0. The summed E-state index contributed by atoms with van der Waals surface area (Å²) in [6.07, 6.45) is 0.287. The molecule has 0 radical (unpaired) electrons. The van der Waals surface area contributed by atoms with Crippen LogP contribution in [0.1, 0.15) is 13.3 Å². The fourth-order valence-electron chi connectivity index (χ4n) is 0.239. The van der Waals surface area contributed by atoms with Gasteiger partial charge in [-0.25, -0.2) is 4.79 Å². The first-order valence-corrected chi connectivity index (χ1v) is 2.65. The average molecular weight is 144 g/mol. The molecule has 0 unspecified atom stereocenters. The van der Waals surface area contributed by atoms with Crippen molar-refractivity contribution in [2.24, 2.45) is 0 Å². The minimum atomic E-state index is -1.46. The van der Waals surface area contributed by atoms with Gasteiger partial charge in [-0.15, -0.1) is 0 Å². The standard InChI is InChI=1S/C5H8N2O3/c1-2-3(6)10-4(7)5(8)9/h6-7H,2H2,1H3,(H,8,9). The number of ether oxygens (including phenoxy) is 1. The van der Waals surface area contributed by atoms with E-state index in [1.807, 2.05) is 0 Å². The molecule has 3 N–H and O–H groups in total. The van der Waals surface area contributed by atoms with Crippen LogP contribution in [0.5, 0.6) is 0 Å². The summed E-state index contributed by atoms with van der Waals surface area (Å²) in [5.41, 5.74) is 0. The minimum absolute atomic E-state index is 0.215. The van der Waals surface area contributed by atoms with Crippen molar-refractivity contribution in [3.8, 4) is 0 Å². The van der Waals surface area contributed by atoms with E-state index in [2.05, 4.69) is 4.74 Å². The number of nitrogens with one attached hydrogen (secondary N) is 2. The van der Waals surface area contributed by atoms with Gasteiger partial charge < -0.3 is 9.84 Å². The predicted octanol–water partition coefficient (Wildman–Crippen LogP) is 0.452. The van der Waals surface area contributed by atoms with Gasteiger partial charge >= 0.3 is 11.9 Å². The molecule has 0 aromatic carbocycles. The lowest BCUT2D eigenvalue weighted by atomic mass is 10.5. The Morgan fingerprint density at radius 3 is 2.40 bits per heavy atom. The highest BCUT2D eigenvalue weighted by Crippen LogP contribution is 1.86. The van der Waals surface area contributed by atoms with E-state index in [9.17, 15) is 4.79 Å². The van der Waals surface area contributed by atoms with Crippen LogP contribution in [0, 0.1) is 10.8 Å². The van der Waals surface area contributed by atoms with E-state index in [0.717, 1.165) is 0 Å². The van der Waals surface area contributed by atoms with Gasteiger partial charge in [-0.2, -0.15) is 0 Å². The number of hydrogen-bond donors (Lipinski definition) is 3. The third-order valence-electron chi connectivity index (χ3n) is 0.741. The smallest absolute Gasteiger partial charge is 0.391 e. The summed E-state index contributed by atoms with van der Waals surface area (Å²) in [5.74, 6) is -2.59. The Bertz CT molecular complexity index is 176. The molecule has 0 aliphatic carbocycles. The van der Waals surface area contributed by atoms with Crippen molar-refractivity contribution in [2.75, 3.05) is 0 Å². The number of carbonyl (C=O) groups is 1. The lowest BCUT2D eigenvalue weighted by Crippen LogP contribution is -2.18. The summed E-state index contributed by atoms with van der Waals surface area (Å²) in [6.45, 7) is 1.64. The van der Waals surface area contributed by atoms with E-state index < -0.39 is 11.9 Å². The topological polar surface area (TPSA) is 94.2 Å². The first-order chi connectivity index (χ1) is 4.57. The van der Waals surface area contributed by atoms with Gasteiger partial charge in [0, 0.05) is 6.42 Å². The summed E-state index contributed by atoms with van der Waals surface area (Å²) in [5, 5.41) is 21.5. The second-order valence-electron chi connectivity index (χ2n) is 1.51. The van der Waals surface area contributed by atoms with Crippen LogP contribution >= 0.6 is 0 Å². The number of hydrogen-bond acceptors (Lipinski definition) is 4. The first-order valence-electron chi connectivity index (χ1n) is 2.65. The maximum absolute atomic E-state index is 9.90. The highest BCUT2D eigenvalue weighted by molar-refractivity contribution is 6.32. The van der Waals surface area contributed by atoms with E-state index in [-0.39, 0.29) is 12.3 Å². The Morgan fingerprint density at radius 1 is 1.60 bits per heavy atom. The maximum atomic E-state index is 9.90. The highest BCUT2D eigenvalue weighted by Gasteiger charge is 2.09. The van der Waals surface area contributed by atoms with Crippen LogP contribution in [0.3, 0.4) is 0 Å². The zero-order chi connectivity index (χ0) is 8.15. The number of aliphatic carboxylic acids is 1. The summed E-state index contributed by atoms with van der Waals surface area (Å²) >= 11 is 0. The van der Waals surface area contributed by atoms with Crippen LogP contribution < -0.4 is 0 Å². The van der Waals surface area contributed by atoms with Gasteiger partial charge in [0.25, 0.3) is 0 Å². The fourth-order valence-corrected chi connectivity index (χ4v) is 0.239. The Kier molecular flexibility index (Phi) is 3.10. The second-order valence-corrected chi connectivity index (χ2v) is 1.51. The Balaban J connectivity index is 3.80. The van der Waals surface area contributed by atoms with E-state index in [1.54, 1.807) is 6.92 Å². The van der Waals surface area contributed by atoms with Crippen LogP contribution in [0.15, 0.2) is 0 Å². The largest absolute Gasteiger partial charge is 0.474 e. The third-order valence-corrected chi connectivity index (χ3v) is 0.741. The normalized spacial score (nSPS) is 8.50. The molecule has 56 valence electrons. The Hall–Kier alpha value is -1.39. The fraction of sp³-hybridized carbons (Fsp3) is 0.400. The lowest BCUT2D eigenvalue weighted by molar-refractivity contribution is -0.130. The SMILES string of the molecule is CCC(=N)OC(=N)C(=O)O. The number of rotatable bonds is 1. The molecule has 0 atom stereocenters. The zero-order valence-electron chi connectivity index (χ0n) is 5.47. The van der Waals surface area contributed by atoms with E-state index in [4.69, 9.17) is 15.9 Å². The van der Waals surface area contributed by atoms with Gasteiger partial charge in [0.15, 0.2) is 5.90 Å². The van der Waals surface area contributed by atoms with Crippen LogP contribution in [0.4, 0.5) is 0 Å². The summed E-state index contributed by atoms with van der Waals surface area (Å²) < 4.78 is 4.23. The van der Waals surface area contributed by atoms with E-state index in [0.29, 0.717) is 0 Å². The van der Waals surface area contributed by atoms with Gasteiger partial charge in [0.05, 0.1) is 0 Å². The molecule has 0 aromatic heterocycles. The predicted molar refractivity (Wildman–Crippen MR) is 34.5 cm³/mol. The first kappa shape index (κ1) is 8.61. The molecule has 0 heterocycles. The molecule has 10 heavy (non-hydrogen) atoms. The molecule has 0 bridgehead atoms. The van der Waals surface area contributed by atoms with E-state index >= 15 is 0 Å². The van der Waals surface area contributed by atoms with Crippen LogP contribution in [-0.4, -0.2) is 22.9 Å². The van der Waals surface area contributed by atoms with Crippen molar-refractivity contribution in [1.82, 2.24) is 0 Å². The molecule has 0 amide bonds. The molecule has 0 spiro atoms. The average Bonchev–Trinajstić information content (AvgIpc) is 1.87. The lowest BCUT2D eigenvalue weighted by Gasteiger charge is -1.99. The molecular weight excluding hydrogens is 136 g/mol. The van der Waals surface area contributed by atoms with E-state index in [1.165, 1.54) is 0 Å². The number of carboxylic acid groups (broad SMARTS) is 1. The van der Waals surface area contributed by atoms with Crippen molar-refractivity contribution >= 4 is 17.8 Å². The summed E-state index contributed by atoms with van der Waals surface area (Å²) in [7, 11) is 0. The zero-order valence-corrected chi connectivity index (χ0v) is 5.47. The molecule has 5 heteroatoms. The van der Waals surface area contributed by atoms with Crippen LogP contribution in [-0.2, 0) is 9.53 Å². The van der Waals surface area contributed by atoms with Crippen molar-refractivity contribution in [2.45, 2.75) is 13.3 Å². The third kappa shape index (κ3) is 2.81. The molecule has 5 nitrogen and oxygen atoms in total. The molecular formula is C5H8N2O3. The van der Waals surface area contributed by atoms with Crippen molar-refractivity contribution < 1.29 is 14.6 Å². The second kappa shape index (κ2) is 3.60. The number of carboxylic acids is 1. The highest BCUT2D eigenvalue weighted by atomic mass is 16.5. The molecule has 0 saturated carbocycles. The molecule has 0 aliphatic heterocycles. The van der Waals surface area contributed by atoms with Crippen LogP contribution in [0.25, 0.3) is 0 Å². The minimum Gasteiger partial charge on any atom is -0.474 e.